The molecule has 2 aromatic carbocycles. The molecule has 0 radical (unpaired) electrons. The van der Waals surface area contributed by atoms with E-state index in [0.29, 0.717) is 16.5 Å². The molecule has 4 rings (SSSR count). The minimum Gasteiger partial charge on any atom is -0.324 e. The van der Waals surface area contributed by atoms with Crippen LogP contribution in [0.5, 0.6) is 0 Å². The van der Waals surface area contributed by atoms with Crippen LogP contribution < -0.4 is 0 Å². The summed E-state index contributed by atoms with van der Waals surface area (Å²) >= 11 is 0. The van der Waals surface area contributed by atoms with Crippen LogP contribution in [0.2, 0.25) is 0 Å². The fourth-order valence-electron chi connectivity index (χ4n) is 2.72. The highest BCUT2D eigenvalue weighted by atomic mass is 16.7. The molecule has 0 spiro atoms. The fraction of sp³-hybridized carbons (Fsp3) is 0.167. The number of rotatable bonds is 3. The summed E-state index contributed by atoms with van der Waals surface area (Å²) in [5.41, 5.74) is 1.92. The number of hydrogen-bond acceptors (Lipinski definition) is 4. The van der Waals surface area contributed by atoms with Gasteiger partial charge in [-0.25, -0.2) is 4.79 Å². The third kappa shape index (κ3) is 2.30. The van der Waals surface area contributed by atoms with E-state index in [0.717, 1.165) is 18.4 Å². The molecule has 2 aliphatic rings. The molecule has 23 heavy (non-hydrogen) atoms. The molecule has 0 N–H and O–H groups in total. The molecular weight excluding hydrogens is 294 g/mol. The van der Waals surface area contributed by atoms with Crippen molar-refractivity contribution in [1.29, 1.82) is 0 Å². The van der Waals surface area contributed by atoms with Gasteiger partial charge < -0.3 is 4.84 Å². The van der Waals surface area contributed by atoms with Crippen LogP contribution in [-0.4, -0.2) is 22.8 Å². The van der Waals surface area contributed by atoms with Crippen LogP contribution in [0.1, 0.15) is 55.4 Å². The highest BCUT2D eigenvalue weighted by Crippen LogP contribution is 2.40. The Morgan fingerprint density at radius 1 is 0.957 bits per heavy atom. The third-order valence-corrected chi connectivity index (χ3v) is 4.10. The van der Waals surface area contributed by atoms with Crippen LogP contribution in [0, 0.1) is 0 Å². The molecule has 2 aromatic rings. The zero-order chi connectivity index (χ0) is 16.0. The van der Waals surface area contributed by atoms with E-state index in [9.17, 15) is 14.4 Å². The Hall–Kier alpha value is -2.95. The topological polar surface area (TPSA) is 63.7 Å². The molecule has 1 aliphatic heterocycles. The van der Waals surface area contributed by atoms with E-state index in [4.69, 9.17) is 4.84 Å². The number of hydrogen-bond donors (Lipinski definition) is 0. The molecule has 0 bridgehead atoms. The number of benzene rings is 2. The van der Waals surface area contributed by atoms with Gasteiger partial charge in [0.1, 0.15) is 0 Å². The molecule has 114 valence electrons. The van der Waals surface area contributed by atoms with Crippen molar-refractivity contribution in [3.05, 3.63) is 70.8 Å². The van der Waals surface area contributed by atoms with E-state index in [1.807, 2.05) is 6.07 Å². The lowest BCUT2D eigenvalue weighted by molar-refractivity contribution is -0.0584. The number of hydroxylamine groups is 2. The smallest absolute Gasteiger partial charge is 0.324 e. The van der Waals surface area contributed by atoms with E-state index in [-0.39, 0.29) is 11.1 Å². The standard InChI is InChI=1S/C18H13NO4/c20-16-14-6-1-2-7-15(14)17(21)19(16)23-18(22)13-5-3-4-12(10-13)11-8-9-11/h1-7,10-11H,8-9H2. The lowest BCUT2D eigenvalue weighted by Gasteiger charge is -2.13. The van der Waals surface area contributed by atoms with E-state index >= 15 is 0 Å². The predicted octanol–water partition coefficient (Wildman–Crippen LogP) is 2.93. The fourth-order valence-corrected chi connectivity index (χ4v) is 2.72. The van der Waals surface area contributed by atoms with Gasteiger partial charge in [-0.3, -0.25) is 9.59 Å². The Bertz CT molecular complexity index is 803. The second kappa shape index (κ2) is 5.05. The maximum atomic E-state index is 12.3. The molecule has 1 heterocycles. The van der Waals surface area contributed by atoms with Gasteiger partial charge in [-0.2, -0.15) is 0 Å². The van der Waals surface area contributed by atoms with Crippen molar-refractivity contribution in [2.24, 2.45) is 0 Å². The Labute approximate surface area is 132 Å². The summed E-state index contributed by atoms with van der Waals surface area (Å²) in [5, 5.41) is 0.538. The first-order chi connectivity index (χ1) is 11.1. The SMILES string of the molecule is O=C(ON1C(=O)c2ccccc2C1=O)c1cccc(C2CC2)c1. The lowest BCUT2D eigenvalue weighted by atomic mass is 10.1. The summed E-state index contributed by atoms with van der Waals surface area (Å²) in [5.74, 6) is -1.43. The van der Waals surface area contributed by atoms with Gasteiger partial charge in [0.25, 0.3) is 11.8 Å². The summed E-state index contributed by atoms with van der Waals surface area (Å²) in [4.78, 5) is 41.7. The van der Waals surface area contributed by atoms with Crippen molar-refractivity contribution in [3.8, 4) is 0 Å². The molecule has 0 aromatic heterocycles. The Balaban J connectivity index is 1.57. The van der Waals surface area contributed by atoms with Gasteiger partial charge in [-0.1, -0.05) is 29.3 Å². The molecule has 1 aliphatic carbocycles. The molecule has 5 nitrogen and oxygen atoms in total. The molecule has 0 unspecified atom stereocenters. The van der Waals surface area contributed by atoms with Gasteiger partial charge in [0.15, 0.2) is 0 Å². The highest BCUT2D eigenvalue weighted by Gasteiger charge is 2.38. The molecule has 2 amide bonds. The quantitative estimate of drug-likeness (QED) is 0.818. The van der Waals surface area contributed by atoms with Gasteiger partial charge in [0, 0.05) is 0 Å². The Kier molecular flexibility index (Phi) is 3.01. The van der Waals surface area contributed by atoms with Gasteiger partial charge in [0.05, 0.1) is 16.7 Å². The number of nitrogens with zero attached hydrogens (tertiary/aromatic N) is 1. The predicted molar refractivity (Wildman–Crippen MR) is 80.8 cm³/mol. The van der Waals surface area contributed by atoms with Crippen LogP contribution in [0.3, 0.4) is 0 Å². The minimum absolute atomic E-state index is 0.247. The van der Waals surface area contributed by atoms with Crippen molar-refractivity contribution in [3.63, 3.8) is 0 Å². The second-order valence-electron chi connectivity index (χ2n) is 5.73. The maximum absolute atomic E-state index is 12.3. The first-order valence-electron chi connectivity index (χ1n) is 7.45. The number of carbonyl (C=O) groups excluding carboxylic acids is 3. The van der Waals surface area contributed by atoms with E-state index in [1.54, 1.807) is 30.3 Å². The number of imide groups is 1. The number of amides is 2. The first-order valence-corrected chi connectivity index (χ1v) is 7.45. The monoisotopic (exact) mass is 307 g/mol. The molecule has 1 fully saturated rings. The zero-order valence-electron chi connectivity index (χ0n) is 12.2. The summed E-state index contributed by atoms with van der Waals surface area (Å²) in [6.45, 7) is 0. The summed E-state index contributed by atoms with van der Waals surface area (Å²) in [6.07, 6.45) is 2.24. The average molecular weight is 307 g/mol. The molecule has 1 saturated carbocycles. The molecular formula is C18H13NO4. The normalized spacial score (nSPS) is 16.4. The van der Waals surface area contributed by atoms with E-state index < -0.39 is 17.8 Å². The van der Waals surface area contributed by atoms with Crippen molar-refractivity contribution >= 4 is 17.8 Å². The highest BCUT2D eigenvalue weighted by molar-refractivity contribution is 6.21. The Morgan fingerprint density at radius 3 is 2.22 bits per heavy atom. The summed E-state index contributed by atoms with van der Waals surface area (Å²) in [6, 6.07) is 13.5. The van der Waals surface area contributed by atoms with Gasteiger partial charge in [-0.15, -0.1) is 0 Å². The largest absolute Gasteiger partial charge is 0.363 e. The van der Waals surface area contributed by atoms with E-state index in [2.05, 4.69) is 0 Å². The van der Waals surface area contributed by atoms with Crippen molar-refractivity contribution in [2.75, 3.05) is 0 Å². The van der Waals surface area contributed by atoms with Gasteiger partial charge in [0.2, 0.25) is 0 Å². The van der Waals surface area contributed by atoms with Crippen molar-refractivity contribution in [1.82, 2.24) is 5.06 Å². The summed E-state index contributed by atoms with van der Waals surface area (Å²) < 4.78 is 0. The van der Waals surface area contributed by atoms with E-state index in [1.165, 1.54) is 12.1 Å². The van der Waals surface area contributed by atoms with Crippen LogP contribution in [0.25, 0.3) is 0 Å². The minimum atomic E-state index is -0.706. The maximum Gasteiger partial charge on any atom is 0.363 e. The average Bonchev–Trinajstić information content (AvgIpc) is 3.40. The number of carbonyl (C=O) groups is 3. The summed E-state index contributed by atoms with van der Waals surface area (Å²) in [7, 11) is 0. The van der Waals surface area contributed by atoms with Crippen LogP contribution in [0.15, 0.2) is 48.5 Å². The molecule has 0 saturated heterocycles. The van der Waals surface area contributed by atoms with Crippen LogP contribution in [-0.2, 0) is 4.84 Å². The lowest BCUT2D eigenvalue weighted by Crippen LogP contribution is -2.32. The zero-order valence-corrected chi connectivity index (χ0v) is 12.2. The Morgan fingerprint density at radius 2 is 1.61 bits per heavy atom. The van der Waals surface area contributed by atoms with Gasteiger partial charge in [-0.05, 0) is 48.6 Å². The van der Waals surface area contributed by atoms with Crippen LogP contribution >= 0.6 is 0 Å². The number of fused-ring (bicyclic) bond motifs is 1. The second-order valence-corrected chi connectivity index (χ2v) is 5.73. The first kappa shape index (κ1) is 13.7. The van der Waals surface area contributed by atoms with Gasteiger partial charge >= 0.3 is 5.97 Å². The van der Waals surface area contributed by atoms with Crippen LogP contribution in [0.4, 0.5) is 0 Å². The van der Waals surface area contributed by atoms with Crippen molar-refractivity contribution in [2.45, 2.75) is 18.8 Å². The third-order valence-electron chi connectivity index (χ3n) is 4.10. The molecule has 0 atom stereocenters. The molecule has 5 heteroatoms. The van der Waals surface area contributed by atoms with Crippen molar-refractivity contribution < 1.29 is 19.2 Å².